The fourth-order valence-corrected chi connectivity index (χ4v) is 5.17. The Morgan fingerprint density at radius 1 is 0.976 bits per heavy atom. The molecule has 42 heavy (non-hydrogen) atoms. The van der Waals surface area contributed by atoms with Gasteiger partial charge in [-0.3, -0.25) is 4.79 Å². The molecule has 0 spiro atoms. The second kappa shape index (κ2) is 14.4. The number of hydrogen-bond acceptors (Lipinski definition) is 5. The predicted octanol–water partition coefficient (Wildman–Crippen LogP) is 8.63. The van der Waals surface area contributed by atoms with Gasteiger partial charge >= 0.3 is 6.36 Å². The third kappa shape index (κ3) is 9.34. The molecule has 220 valence electrons. The van der Waals surface area contributed by atoms with Crippen LogP contribution in [-0.2, 0) is 17.6 Å². The number of aromatic nitrogens is 3. The molecule has 0 saturated carbocycles. The van der Waals surface area contributed by atoms with E-state index in [1.807, 2.05) is 30.3 Å². The van der Waals surface area contributed by atoms with E-state index in [0.29, 0.717) is 36.7 Å². The Balaban J connectivity index is 1.21. The first-order valence-electron chi connectivity index (χ1n) is 14.1. The molecule has 1 aromatic heterocycles. The standard InChI is InChI=1S/C33H34F3N3O2S/c1-23(2)31-14-7-6-11-25(31)20-30(42)21-28(40)13-5-3-4-9-24-10-8-12-26(19-24)32-37-22-39(38-32)27-15-17-29(18-16-27)41-33(34,35)36/h6-8,10-12,14-19,22-23H,3-5,9,13,20-21H2,1-2H3. The van der Waals surface area contributed by atoms with E-state index in [4.69, 9.17) is 12.2 Å². The molecule has 0 aliphatic carbocycles. The molecule has 0 N–H and O–H groups in total. The van der Waals surface area contributed by atoms with Gasteiger partial charge < -0.3 is 4.74 Å². The SMILES string of the molecule is CC(C)c1ccccc1CC(=S)CC(=O)CCCCCc1cccc(-c2ncn(-c3ccc(OC(F)(F)F)cc3)n2)c1. The number of rotatable bonds is 14. The molecule has 0 amide bonds. The first-order chi connectivity index (χ1) is 20.1. The van der Waals surface area contributed by atoms with Gasteiger partial charge in [0.05, 0.1) is 5.69 Å². The van der Waals surface area contributed by atoms with Crippen molar-refractivity contribution in [2.24, 2.45) is 0 Å². The van der Waals surface area contributed by atoms with Gasteiger partial charge in [-0.15, -0.1) is 18.3 Å². The van der Waals surface area contributed by atoms with E-state index in [0.717, 1.165) is 41.7 Å². The average molecular weight is 594 g/mol. The van der Waals surface area contributed by atoms with Gasteiger partial charge in [0, 0.05) is 29.7 Å². The van der Waals surface area contributed by atoms with Crippen molar-refractivity contribution in [3.63, 3.8) is 0 Å². The fourth-order valence-electron chi connectivity index (χ4n) is 4.86. The molecule has 4 aromatic rings. The van der Waals surface area contributed by atoms with Crippen molar-refractivity contribution >= 4 is 22.9 Å². The quantitative estimate of drug-likeness (QED) is 0.108. The number of hydrogen-bond donors (Lipinski definition) is 0. The zero-order valence-corrected chi connectivity index (χ0v) is 24.5. The molecule has 5 nitrogen and oxygen atoms in total. The molecule has 0 radical (unpaired) electrons. The molecule has 0 aliphatic heterocycles. The monoisotopic (exact) mass is 593 g/mol. The number of carbonyl (C=O) groups is 1. The molecule has 0 aliphatic rings. The van der Waals surface area contributed by atoms with E-state index in [9.17, 15) is 18.0 Å². The van der Waals surface area contributed by atoms with Crippen LogP contribution in [0.25, 0.3) is 17.1 Å². The second-order valence-corrected chi connectivity index (χ2v) is 11.2. The van der Waals surface area contributed by atoms with Crippen LogP contribution in [0.1, 0.15) is 68.6 Å². The molecule has 0 bridgehead atoms. The summed E-state index contributed by atoms with van der Waals surface area (Å²) >= 11 is 5.55. The number of aryl methyl sites for hydroxylation is 1. The lowest BCUT2D eigenvalue weighted by atomic mass is 9.93. The fraction of sp³-hybridized carbons (Fsp3) is 0.333. The highest BCUT2D eigenvalue weighted by molar-refractivity contribution is 7.80. The average Bonchev–Trinajstić information content (AvgIpc) is 3.43. The number of unbranched alkanes of at least 4 members (excludes halogenated alkanes) is 2. The van der Waals surface area contributed by atoms with Gasteiger partial charge in [0.25, 0.3) is 0 Å². The molecule has 0 unspecified atom stereocenters. The number of halogens is 3. The molecule has 0 saturated heterocycles. The normalized spacial score (nSPS) is 11.6. The van der Waals surface area contributed by atoms with E-state index in [1.165, 1.54) is 46.4 Å². The lowest BCUT2D eigenvalue weighted by Gasteiger charge is -2.13. The summed E-state index contributed by atoms with van der Waals surface area (Å²) in [5.74, 6) is 0.846. The van der Waals surface area contributed by atoms with Crippen molar-refractivity contribution < 1.29 is 22.7 Å². The largest absolute Gasteiger partial charge is 0.573 e. The Kier molecular flexibility index (Phi) is 10.6. The maximum Gasteiger partial charge on any atom is 0.573 e. The van der Waals surface area contributed by atoms with Gasteiger partial charge in [-0.05, 0) is 72.2 Å². The number of ether oxygens (including phenoxy) is 1. The van der Waals surface area contributed by atoms with E-state index < -0.39 is 6.36 Å². The smallest absolute Gasteiger partial charge is 0.406 e. The Morgan fingerprint density at radius 2 is 1.74 bits per heavy atom. The lowest BCUT2D eigenvalue weighted by Crippen LogP contribution is -2.17. The molecule has 1 heterocycles. The summed E-state index contributed by atoms with van der Waals surface area (Å²) in [4.78, 5) is 17.7. The van der Waals surface area contributed by atoms with Crippen molar-refractivity contribution in [3.8, 4) is 22.8 Å². The number of benzene rings is 3. The molecule has 0 fully saturated rings. The number of Topliss-reactive ketones (excluding diaryl/α,β-unsaturated/α-hetero) is 1. The van der Waals surface area contributed by atoms with Crippen LogP contribution in [0.3, 0.4) is 0 Å². The van der Waals surface area contributed by atoms with Gasteiger partial charge in [0.1, 0.15) is 17.9 Å². The maximum absolute atomic E-state index is 12.5. The highest BCUT2D eigenvalue weighted by atomic mass is 32.1. The van der Waals surface area contributed by atoms with Crippen molar-refractivity contribution in [3.05, 3.63) is 95.8 Å². The van der Waals surface area contributed by atoms with Gasteiger partial charge in [0.15, 0.2) is 5.82 Å². The van der Waals surface area contributed by atoms with Gasteiger partial charge in [0.2, 0.25) is 0 Å². The number of thiocarbonyl (C=S) groups is 1. The first kappa shape index (κ1) is 31.1. The third-order valence-electron chi connectivity index (χ3n) is 6.89. The van der Waals surface area contributed by atoms with Crippen LogP contribution in [0.5, 0.6) is 5.75 Å². The minimum absolute atomic E-state index is 0.202. The van der Waals surface area contributed by atoms with Crippen LogP contribution < -0.4 is 4.74 Å². The molecule has 3 aromatic carbocycles. The van der Waals surface area contributed by atoms with Crippen LogP contribution in [0.4, 0.5) is 13.2 Å². The summed E-state index contributed by atoms with van der Waals surface area (Å²) in [6.45, 7) is 4.33. The summed E-state index contributed by atoms with van der Waals surface area (Å²) in [6.07, 6.45) is 1.95. The molecular formula is C33H34F3N3O2S. The summed E-state index contributed by atoms with van der Waals surface area (Å²) in [5, 5.41) is 4.48. The Hall–Kier alpha value is -3.85. The van der Waals surface area contributed by atoms with Gasteiger partial charge in [-0.1, -0.05) is 75.0 Å². The number of nitrogens with zero attached hydrogens (tertiary/aromatic N) is 3. The zero-order chi connectivity index (χ0) is 30.1. The highest BCUT2D eigenvalue weighted by Crippen LogP contribution is 2.25. The molecular weight excluding hydrogens is 559 g/mol. The predicted molar refractivity (Wildman–Crippen MR) is 162 cm³/mol. The summed E-state index contributed by atoms with van der Waals surface area (Å²) in [6, 6.07) is 21.7. The lowest BCUT2D eigenvalue weighted by molar-refractivity contribution is -0.274. The summed E-state index contributed by atoms with van der Waals surface area (Å²) < 4.78 is 42.6. The summed E-state index contributed by atoms with van der Waals surface area (Å²) in [5.41, 5.74) is 5.06. The maximum atomic E-state index is 12.5. The van der Waals surface area contributed by atoms with Gasteiger partial charge in [-0.2, -0.15) is 0 Å². The van der Waals surface area contributed by atoms with E-state index in [2.05, 4.69) is 46.9 Å². The topological polar surface area (TPSA) is 57.0 Å². The second-order valence-electron chi connectivity index (χ2n) is 10.6. The molecule has 4 rings (SSSR count). The minimum atomic E-state index is -4.74. The van der Waals surface area contributed by atoms with Crippen LogP contribution in [0.15, 0.2) is 79.1 Å². The molecule has 9 heteroatoms. The minimum Gasteiger partial charge on any atom is -0.406 e. The Labute approximate surface area is 249 Å². The number of alkyl halides is 3. The van der Waals surface area contributed by atoms with Crippen LogP contribution in [0.2, 0.25) is 0 Å². The van der Waals surface area contributed by atoms with Crippen LogP contribution in [0, 0.1) is 0 Å². The van der Waals surface area contributed by atoms with E-state index in [1.54, 1.807) is 0 Å². The van der Waals surface area contributed by atoms with Crippen LogP contribution in [-0.4, -0.2) is 31.8 Å². The Bertz CT molecular complexity index is 1500. The van der Waals surface area contributed by atoms with Crippen molar-refractivity contribution in [2.45, 2.75) is 71.1 Å². The first-order valence-corrected chi connectivity index (χ1v) is 14.5. The van der Waals surface area contributed by atoms with E-state index in [-0.39, 0.29) is 11.5 Å². The van der Waals surface area contributed by atoms with E-state index >= 15 is 0 Å². The van der Waals surface area contributed by atoms with Gasteiger partial charge in [-0.25, -0.2) is 9.67 Å². The highest BCUT2D eigenvalue weighted by Gasteiger charge is 2.31. The summed E-state index contributed by atoms with van der Waals surface area (Å²) in [7, 11) is 0. The Morgan fingerprint density at radius 3 is 2.48 bits per heavy atom. The third-order valence-corrected chi connectivity index (χ3v) is 7.18. The number of ketones is 1. The number of carbonyl (C=O) groups excluding carboxylic acids is 1. The molecule has 0 atom stereocenters. The van der Waals surface area contributed by atoms with Crippen molar-refractivity contribution in [1.29, 1.82) is 0 Å². The van der Waals surface area contributed by atoms with Crippen LogP contribution >= 0.6 is 12.2 Å². The van der Waals surface area contributed by atoms with Crippen molar-refractivity contribution in [1.82, 2.24) is 14.8 Å². The van der Waals surface area contributed by atoms with Crippen molar-refractivity contribution in [2.75, 3.05) is 0 Å². The zero-order valence-electron chi connectivity index (χ0n) is 23.7.